The van der Waals surface area contributed by atoms with Crippen LogP contribution in [0.1, 0.15) is 13.8 Å². The van der Waals surface area contributed by atoms with Crippen LogP contribution in [-0.4, -0.2) is 62.7 Å². The van der Waals surface area contributed by atoms with Gasteiger partial charge >= 0.3 is 0 Å². The van der Waals surface area contributed by atoms with Crippen LogP contribution in [0, 0.1) is 0 Å². The van der Waals surface area contributed by atoms with Crippen LogP contribution in [0.15, 0.2) is 17.4 Å². The lowest BCUT2D eigenvalue weighted by molar-refractivity contribution is -0.156. The van der Waals surface area contributed by atoms with Crippen molar-refractivity contribution in [1.29, 1.82) is 0 Å². The van der Waals surface area contributed by atoms with E-state index < -0.39 is 36.7 Å². The normalized spacial score (nSPS) is 32.0. The van der Waals surface area contributed by atoms with Crippen LogP contribution in [0.25, 0.3) is 10.4 Å². The summed E-state index contributed by atoms with van der Waals surface area (Å²) in [6.45, 7) is 1.51. The molecule has 0 aromatic carbocycles. The van der Waals surface area contributed by atoms with E-state index in [1.165, 1.54) is 6.92 Å². The van der Waals surface area contributed by atoms with Crippen LogP contribution >= 0.6 is 0 Å². The fourth-order valence-electron chi connectivity index (χ4n) is 1.87. The Kier molecular flexibility index (Phi) is 5.41. The minimum Gasteiger partial charge on any atom is -0.393 e. The minimum absolute atomic E-state index is 0.349. The summed E-state index contributed by atoms with van der Waals surface area (Å²) < 4.78 is 5.19. The molecule has 3 N–H and O–H groups in total. The van der Waals surface area contributed by atoms with Crippen molar-refractivity contribution in [2.45, 2.75) is 38.0 Å². The van der Waals surface area contributed by atoms with Crippen molar-refractivity contribution in [2.24, 2.45) is 5.11 Å². The van der Waals surface area contributed by atoms with Crippen LogP contribution in [0.5, 0.6) is 0 Å². The predicted molar refractivity (Wildman–Crippen MR) is 68.2 cm³/mol. The smallest absolute Gasteiger partial charge is 0.225 e. The van der Waals surface area contributed by atoms with Crippen molar-refractivity contribution in [3.05, 3.63) is 22.7 Å². The maximum Gasteiger partial charge on any atom is 0.225 e. The van der Waals surface area contributed by atoms with Gasteiger partial charge in [0.1, 0.15) is 12.2 Å². The Bertz CT molecular complexity index is 503. The standard InChI is InChI=1S/C11H16N4O6/c1-6(17)3-4-15(7(2)18)10-8(19)9(20)11(5-16,21-10)13-14-12/h3-4,8-10,16,19-20H,5H2,1-2H3/b4-3-/t8-,9+,10-,11-/m1/s1. The molecule has 0 aromatic rings. The number of hydrogen-bond acceptors (Lipinski definition) is 7. The van der Waals surface area contributed by atoms with Gasteiger partial charge < -0.3 is 20.1 Å². The second-order valence-electron chi connectivity index (χ2n) is 4.49. The summed E-state index contributed by atoms with van der Waals surface area (Å²) in [4.78, 5) is 25.8. The van der Waals surface area contributed by atoms with E-state index in [2.05, 4.69) is 10.0 Å². The molecule has 0 aromatic heterocycles. The number of carbonyl (C=O) groups is 2. The van der Waals surface area contributed by atoms with Gasteiger partial charge in [0.05, 0.1) is 6.61 Å². The fraction of sp³-hybridized carbons (Fsp3) is 0.636. The number of nitrogens with zero attached hydrogens (tertiary/aromatic N) is 4. The Hall–Kier alpha value is -1.97. The first-order valence-electron chi connectivity index (χ1n) is 5.98. The number of aliphatic hydroxyl groups excluding tert-OH is 3. The molecule has 0 saturated carbocycles. The number of ketones is 1. The van der Waals surface area contributed by atoms with Crippen molar-refractivity contribution in [3.63, 3.8) is 0 Å². The van der Waals surface area contributed by atoms with E-state index in [0.29, 0.717) is 0 Å². The summed E-state index contributed by atoms with van der Waals surface area (Å²) in [6, 6.07) is 0. The molecule has 0 bridgehead atoms. The molecule has 1 amide bonds. The van der Waals surface area contributed by atoms with Crippen LogP contribution in [0.2, 0.25) is 0 Å². The molecular weight excluding hydrogens is 284 g/mol. The molecule has 1 aliphatic rings. The number of ether oxygens (including phenoxy) is 1. The number of azide groups is 1. The molecule has 1 fully saturated rings. The maximum absolute atomic E-state index is 11.6. The van der Waals surface area contributed by atoms with Gasteiger partial charge in [0, 0.05) is 18.0 Å². The van der Waals surface area contributed by atoms with Crippen molar-refractivity contribution in [2.75, 3.05) is 6.61 Å². The third-order valence-corrected chi connectivity index (χ3v) is 2.95. The molecule has 21 heavy (non-hydrogen) atoms. The highest BCUT2D eigenvalue weighted by molar-refractivity contribution is 5.88. The Morgan fingerprint density at radius 3 is 2.52 bits per heavy atom. The highest BCUT2D eigenvalue weighted by Crippen LogP contribution is 2.34. The van der Waals surface area contributed by atoms with E-state index in [1.807, 2.05) is 0 Å². The van der Waals surface area contributed by atoms with E-state index in [-0.39, 0.29) is 5.78 Å². The summed E-state index contributed by atoms with van der Waals surface area (Å²) >= 11 is 0. The van der Waals surface area contributed by atoms with Gasteiger partial charge in [0.25, 0.3) is 0 Å². The average molecular weight is 300 g/mol. The molecule has 1 aliphatic heterocycles. The van der Waals surface area contributed by atoms with Crippen molar-refractivity contribution in [1.82, 2.24) is 4.90 Å². The Labute approximate surface area is 119 Å². The van der Waals surface area contributed by atoms with Crippen molar-refractivity contribution >= 4 is 11.7 Å². The van der Waals surface area contributed by atoms with Crippen LogP contribution < -0.4 is 0 Å². The fourth-order valence-corrected chi connectivity index (χ4v) is 1.87. The molecule has 116 valence electrons. The van der Waals surface area contributed by atoms with E-state index in [1.54, 1.807) is 0 Å². The molecule has 4 atom stereocenters. The van der Waals surface area contributed by atoms with Crippen molar-refractivity contribution in [3.8, 4) is 0 Å². The third kappa shape index (κ3) is 3.38. The lowest BCUT2D eigenvalue weighted by Crippen LogP contribution is -2.45. The largest absolute Gasteiger partial charge is 0.393 e. The first kappa shape index (κ1) is 17.1. The number of carbonyl (C=O) groups excluding carboxylic acids is 2. The lowest BCUT2D eigenvalue weighted by atomic mass is 10.1. The lowest BCUT2D eigenvalue weighted by Gasteiger charge is -2.27. The highest BCUT2D eigenvalue weighted by Gasteiger charge is 2.55. The van der Waals surface area contributed by atoms with Crippen molar-refractivity contribution < 1.29 is 29.6 Å². The van der Waals surface area contributed by atoms with Gasteiger partial charge in [-0.3, -0.25) is 14.5 Å². The molecule has 0 radical (unpaired) electrons. The predicted octanol–water partition coefficient (Wildman–Crippen LogP) is -0.985. The minimum atomic E-state index is -2.10. The maximum atomic E-state index is 11.6. The number of allylic oxidation sites excluding steroid dienone is 1. The molecule has 10 nitrogen and oxygen atoms in total. The van der Waals surface area contributed by atoms with Gasteiger partial charge in [-0.25, -0.2) is 0 Å². The number of amides is 1. The van der Waals surface area contributed by atoms with E-state index in [0.717, 1.165) is 24.1 Å². The van der Waals surface area contributed by atoms with E-state index in [4.69, 9.17) is 10.3 Å². The summed E-state index contributed by atoms with van der Waals surface area (Å²) in [6.07, 6.45) is -2.64. The quantitative estimate of drug-likeness (QED) is 0.256. The highest BCUT2D eigenvalue weighted by atomic mass is 16.6. The van der Waals surface area contributed by atoms with Gasteiger partial charge in [-0.2, -0.15) is 0 Å². The summed E-state index contributed by atoms with van der Waals surface area (Å²) in [5, 5.41) is 32.3. The Morgan fingerprint density at radius 1 is 1.48 bits per heavy atom. The molecule has 0 unspecified atom stereocenters. The first-order chi connectivity index (χ1) is 9.79. The zero-order valence-electron chi connectivity index (χ0n) is 11.4. The molecule has 0 spiro atoms. The van der Waals surface area contributed by atoms with Crippen LogP contribution in [-0.2, 0) is 14.3 Å². The van der Waals surface area contributed by atoms with Gasteiger partial charge in [0.2, 0.25) is 11.6 Å². The zero-order valence-corrected chi connectivity index (χ0v) is 11.4. The second-order valence-corrected chi connectivity index (χ2v) is 4.49. The topological polar surface area (TPSA) is 156 Å². The van der Waals surface area contributed by atoms with Gasteiger partial charge in [-0.15, -0.1) is 0 Å². The van der Waals surface area contributed by atoms with Crippen LogP contribution in [0.3, 0.4) is 0 Å². The number of rotatable bonds is 5. The molecule has 1 heterocycles. The second kappa shape index (κ2) is 6.66. The Morgan fingerprint density at radius 2 is 2.10 bits per heavy atom. The monoisotopic (exact) mass is 300 g/mol. The third-order valence-electron chi connectivity index (χ3n) is 2.95. The zero-order chi connectivity index (χ0) is 16.2. The first-order valence-corrected chi connectivity index (χ1v) is 5.98. The molecular formula is C11H16N4O6. The van der Waals surface area contributed by atoms with Gasteiger partial charge in [0.15, 0.2) is 12.0 Å². The van der Waals surface area contributed by atoms with Crippen LogP contribution in [0.4, 0.5) is 0 Å². The molecule has 1 saturated heterocycles. The number of hydrogen-bond donors (Lipinski definition) is 3. The molecule has 0 aliphatic carbocycles. The molecule has 10 heteroatoms. The van der Waals surface area contributed by atoms with Gasteiger partial charge in [-0.1, -0.05) is 5.11 Å². The summed E-state index contributed by atoms with van der Waals surface area (Å²) in [5.41, 5.74) is 6.37. The average Bonchev–Trinajstić information content (AvgIpc) is 2.65. The summed E-state index contributed by atoms with van der Waals surface area (Å²) in [7, 11) is 0. The summed E-state index contributed by atoms with van der Waals surface area (Å²) in [5.74, 6) is -0.934. The number of aliphatic hydroxyl groups is 3. The Balaban J connectivity index is 3.14. The molecule has 1 rings (SSSR count). The van der Waals surface area contributed by atoms with Gasteiger partial charge in [-0.05, 0) is 18.5 Å². The SMILES string of the molecule is CC(=O)/C=C\N(C(C)=O)[C@@H]1O[C@@](CO)(N=[N+]=[N-])[C@@H](O)[C@H]1O. The van der Waals surface area contributed by atoms with E-state index >= 15 is 0 Å². The van der Waals surface area contributed by atoms with E-state index in [9.17, 15) is 24.9 Å².